The molecule has 0 saturated heterocycles. The predicted molar refractivity (Wildman–Crippen MR) is 78.0 cm³/mol. The molecule has 0 aliphatic rings. The maximum atomic E-state index is 5.32. The molecule has 2 nitrogen and oxygen atoms in total. The molecule has 2 aromatic carbocycles. The van der Waals surface area contributed by atoms with Gasteiger partial charge in [-0.2, -0.15) is 0 Å². The van der Waals surface area contributed by atoms with Crippen LogP contribution < -0.4 is 0 Å². The minimum Gasteiger partial charge on any atom is -0.380 e. The molecule has 0 heterocycles. The third-order valence-electron chi connectivity index (χ3n) is 3.22. The van der Waals surface area contributed by atoms with E-state index in [1.807, 2.05) is 0 Å². The van der Waals surface area contributed by atoms with E-state index in [4.69, 9.17) is 9.47 Å². The summed E-state index contributed by atoms with van der Waals surface area (Å²) in [6, 6.07) is 14.9. The van der Waals surface area contributed by atoms with Gasteiger partial charge in [0.1, 0.15) is 0 Å². The molecule has 0 aliphatic carbocycles. The van der Waals surface area contributed by atoms with E-state index in [0.29, 0.717) is 13.2 Å². The van der Waals surface area contributed by atoms with Crippen LogP contribution in [0, 0.1) is 6.92 Å². The van der Waals surface area contributed by atoms with Crippen molar-refractivity contribution < 1.29 is 9.47 Å². The first kappa shape index (κ1) is 13.8. The van der Waals surface area contributed by atoms with Gasteiger partial charge in [0.2, 0.25) is 0 Å². The molecule has 2 heteroatoms. The highest BCUT2D eigenvalue weighted by Gasteiger charge is 2.08. The zero-order chi connectivity index (χ0) is 13.7. The molecular formula is C17H20O2. The molecule has 0 aromatic heterocycles. The Morgan fingerprint density at radius 3 is 2.26 bits per heavy atom. The van der Waals surface area contributed by atoms with Crippen LogP contribution in [0.25, 0.3) is 11.1 Å². The van der Waals surface area contributed by atoms with Crippen molar-refractivity contribution in [2.24, 2.45) is 0 Å². The van der Waals surface area contributed by atoms with Gasteiger partial charge in [0.15, 0.2) is 0 Å². The summed E-state index contributed by atoms with van der Waals surface area (Å²) >= 11 is 0. The molecule has 0 aliphatic heterocycles. The maximum absolute atomic E-state index is 5.32. The lowest BCUT2D eigenvalue weighted by molar-refractivity contribution is 0.180. The number of methoxy groups -OCH3 is 2. The zero-order valence-corrected chi connectivity index (χ0v) is 11.8. The molecule has 0 bridgehead atoms. The molecule has 0 spiro atoms. The number of hydrogen-bond acceptors (Lipinski definition) is 2. The van der Waals surface area contributed by atoms with Gasteiger partial charge in [-0.25, -0.2) is 0 Å². The van der Waals surface area contributed by atoms with E-state index in [9.17, 15) is 0 Å². The number of ether oxygens (including phenoxy) is 2. The Bertz CT molecular complexity index is 547. The van der Waals surface area contributed by atoms with E-state index in [-0.39, 0.29) is 0 Å². The molecule has 2 rings (SSSR count). The van der Waals surface area contributed by atoms with Crippen LogP contribution in [0.15, 0.2) is 42.5 Å². The van der Waals surface area contributed by atoms with E-state index in [0.717, 1.165) is 0 Å². The van der Waals surface area contributed by atoms with Crippen LogP contribution in [0.4, 0.5) is 0 Å². The highest BCUT2D eigenvalue weighted by atomic mass is 16.5. The number of benzene rings is 2. The fourth-order valence-corrected chi connectivity index (χ4v) is 2.32. The molecule has 0 unspecified atom stereocenters. The summed E-state index contributed by atoms with van der Waals surface area (Å²) in [5.74, 6) is 0. The second-order valence-corrected chi connectivity index (χ2v) is 4.67. The smallest absolute Gasteiger partial charge is 0.0719 e. The fraction of sp³-hybridized carbons (Fsp3) is 0.294. The van der Waals surface area contributed by atoms with Crippen molar-refractivity contribution in [3.63, 3.8) is 0 Å². The monoisotopic (exact) mass is 256 g/mol. The lowest BCUT2D eigenvalue weighted by atomic mass is 9.95. The topological polar surface area (TPSA) is 18.5 Å². The standard InChI is InChI=1S/C17H20O2/c1-13-6-4-5-7-16(13)17-9-8-14(11-18-2)10-15(17)12-19-3/h4-10H,11-12H2,1-3H3. The van der Waals surface area contributed by atoms with Crippen LogP contribution in [0.2, 0.25) is 0 Å². The second kappa shape index (κ2) is 6.50. The summed E-state index contributed by atoms with van der Waals surface area (Å²) in [7, 11) is 3.44. The van der Waals surface area contributed by atoms with Crippen LogP contribution in [0.5, 0.6) is 0 Å². The van der Waals surface area contributed by atoms with Gasteiger partial charge in [0.05, 0.1) is 13.2 Å². The van der Waals surface area contributed by atoms with E-state index < -0.39 is 0 Å². The van der Waals surface area contributed by atoms with E-state index >= 15 is 0 Å². The lowest BCUT2D eigenvalue weighted by Gasteiger charge is -2.13. The first-order valence-corrected chi connectivity index (χ1v) is 6.42. The summed E-state index contributed by atoms with van der Waals surface area (Å²) in [5.41, 5.74) is 6.15. The maximum Gasteiger partial charge on any atom is 0.0719 e. The van der Waals surface area contributed by atoms with Crippen molar-refractivity contribution in [3.8, 4) is 11.1 Å². The Morgan fingerprint density at radius 1 is 0.842 bits per heavy atom. The first-order valence-electron chi connectivity index (χ1n) is 6.42. The van der Waals surface area contributed by atoms with Crippen molar-refractivity contribution in [2.75, 3.05) is 14.2 Å². The molecule has 0 atom stereocenters. The highest BCUT2D eigenvalue weighted by Crippen LogP contribution is 2.28. The minimum absolute atomic E-state index is 0.612. The Kier molecular flexibility index (Phi) is 4.72. The molecule has 2 aromatic rings. The van der Waals surface area contributed by atoms with Crippen LogP contribution in [0.1, 0.15) is 16.7 Å². The summed E-state index contributed by atoms with van der Waals surface area (Å²) in [6.45, 7) is 3.38. The molecule has 0 N–H and O–H groups in total. The van der Waals surface area contributed by atoms with Crippen molar-refractivity contribution in [1.29, 1.82) is 0 Å². The summed E-state index contributed by atoms with van der Waals surface area (Å²) < 4.78 is 10.5. The molecule has 19 heavy (non-hydrogen) atoms. The first-order chi connectivity index (χ1) is 9.26. The van der Waals surface area contributed by atoms with E-state index in [1.54, 1.807) is 14.2 Å². The van der Waals surface area contributed by atoms with Crippen LogP contribution >= 0.6 is 0 Å². The van der Waals surface area contributed by atoms with Crippen molar-refractivity contribution in [2.45, 2.75) is 20.1 Å². The lowest BCUT2D eigenvalue weighted by Crippen LogP contribution is -1.97. The minimum atomic E-state index is 0.612. The van der Waals surface area contributed by atoms with Gasteiger partial charge in [0, 0.05) is 14.2 Å². The van der Waals surface area contributed by atoms with Gasteiger partial charge in [-0.1, -0.05) is 42.5 Å². The number of rotatable bonds is 5. The average Bonchev–Trinajstić information content (AvgIpc) is 2.41. The Balaban J connectivity index is 2.47. The number of hydrogen-bond donors (Lipinski definition) is 0. The Hall–Kier alpha value is -1.64. The summed E-state index contributed by atoms with van der Waals surface area (Å²) in [4.78, 5) is 0. The van der Waals surface area contributed by atoms with Gasteiger partial charge < -0.3 is 9.47 Å². The SMILES string of the molecule is COCc1ccc(-c2ccccc2C)c(COC)c1. The van der Waals surface area contributed by atoms with E-state index in [2.05, 4.69) is 49.4 Å². The average molecular weight is 256 g/mol. The third-order valence-corrected chi connectivity index (χ3v) is 3.22. The van der Waals surface area contributed by atoms with Crippen molar-refractivity contribution >= 4 is 0 Å². The van der Waals surface area contributed by atoms with Crippen LogP contribution in [-0.2, 0) is 22.7 Å². The Morgan fingerprint density at radius 2 is 1.58 bits per heavy atom. The van der Waals surface area contributed by atoms with Gasteiger partial charge in [0.25, 0.3) is 0 Å². The highest BCUT2D eigenvalue weighted by molar-refractivity contribution is 5.70. The normalized spacial score (nSPS) is 10.7. The second-order valence-electron chi connectivity index (χ2n) is 4.67. The zero-order valence-electron chi connectivity index (χ0n) is 11.8. The van der Waals surface area contributed by atoms with Crippen molar-refractivity contribution in [1.82, 2.24) is 0 Å². The molecule has 100 valence electrons. The molecule has 0 saturated carbocycles. The molecule has 0 radical (unpaired) electrons. The van der Waals surface area contributed by atoms with Gasteiger partial charge in [-0.3, -0.25) is 0 Å². The van der Waals surface area contributed by atoms with Crippen LogP contribution in [0.3, 0.4) is 0 Å². The van der Waals surface area contributed by atoms with E-state index in [1.165, 1.54) is 27.8 Å². The molecule has 0 amide bonds. The molecular weight excluding hydrogens is 236 g/mol. The fourth-order valence-electron chi connectivity index (χ4n) is 2.32. The molecule has 0 fully saturated rings. The van der Waals surface area contributed by atoms with Gasteiger partial charge in [-0.15, -0.1) is 0 Å². The van der Waals surface area contributed by atoms with Gasteiger partial charge in [-0.05, 0) is 34.7 Å². The van der Waals surface area contributed by atoms with Gasteiger partial charge >= 0.3 is 0 Å². The third kappa shape index (κ3) is 3.22. The largest absolute Gasteiger partial charge is 0.380 e. The summed E-state index contributed by atoms with van der Waals surface area (Å²) in [5, 5.41) is 0. The van der Waals surface area contributed by atoms with Crippen LogP contribution in [-0.4, -0.2) is 14.2 Å². The number of aryl methyl sites for hydroxylation is 1. The predicted octanol–water partition coefficient (Wildman–Crippen LogP) is 3.95. The Labute approximate surface area is 115 Å². The quantitative estimate of drug-likeness (QED) is 0.806. The summed E-state index contributed by atoms with van der Waals surface area (Å²) in [6.07, 6.45) is 0. The van der Waals surface area contributed by atoms with Crippen molar-refractivity contribution in [3.05, 3.63) is 59.2 Å².